The van der Waals surface area contributed by atoms with Gasteiger partial charge in [-0.05, 0) is 31.4 Å². The zero-order chi connectivity index (χ0) is 36.7. The number of carbonyl (C=O) groups excluding carboxylic acids is 3. The van der Waals surface area contributed by atoms with Gasteiger partial charge in [0.25, 0.3) is 0 Å². The third-order valence-electron chi connectivity index (χ3n) is 9.11. The number of amides is 3. The van der Waals surface area contributed by atoms with Crippen LogP contribution in [0.15, 0.2) is 41.2 Å². The maximum atomic E-state index is 14.0. The number of likely N-dealkylation sites (N-methyl/N-ethyl adjacent to an activating group) is 2. The van der Waals surface area contributed by atoms with Crippen LogP contribution in [0.1, 0.15) is 62.6 Å². The van der Waals surface area contributed by atoms with Crippen LogP contribution in [0.2, 0.25) is 0 Å². The first-order valence-corrected chi connectivity index (χ1v) is 18.0. The van der Waals surface area contributed by atoms with Gasteiger partial charge in [0.1, 0.15) is 12.1 Å². The van der Waals surface area contributed by atoms with E-state index in [1.807, 2.05) is 18.2 Å². The molecule has 1 aliphatic carbocycles. The Kier molecular flexibility index (Phi) is 16.7. The van der Waals surface area contributed by atoms with E-state index < -0.39 is 60.7 Å². The first-order valence-electron chi connectivity index (χ1n) is 17.1. The van der Waals surface area contributed by atoms with E-state index in [0.717, 1.165) is 42.6 Å². The normalized spacial score (nSPS) is 16.9. The third kappa shape index (κ3) is 14.4. The fourth-order valence-electron chi connectivity index (χ4n) is 6.26. The van der Waals surface area contributed by atoms with Gasteiger partial charge in [-0.25, -0.2) is 4.98 Å². The van der Waals surface area contributed by atoms with E-state index in [2.05, 4.69) is 21.5 Å². The average Bonchev–Trinajstić information content (AvgIpc) is 3.59. The van der Waals surface area contributed by atoms with Crippen molar-refractivity contribution in [2.45, 2.75) is 94.7 Å². The number of rotatable bonds is 19. The highest BCUT2D eigenvalue weighted by Gasteiger charge is 2.35. The Hall–Kier alpha value is -3.51. The lowest BCUT2D eigenvalue weighted by atomic mass is 9.82. The highest BCUT2D eigenvalue weighted by atomic mass is 32.1. The first kappa shape index (κ1) is 40.9. The Morgan fingerprint density at radius 1 is 1.04 bits per heavy atom. The monoisotopic (exact) mass is 721 g/mol. The molecule has 14 heteroatoms. The number of aliphatic hydroxyl groups is 2. The van der Waals surface area contributed by atoms with Gasteiger partial charge in [0, 0.05) is 44.8 Å². The van der Waals surface area contributed by atoms with Crippen LogP contribution in [0.4, 0.5) is 13.2 Å². The maximum Gasteiger partial charge on any atom is 0.401 e. The van der Waals surface area contributed by atoms with Gasteiger partial charge in [0.2, 0.25) is 17.7 Å². The molecule has 2 aromatic rings. The summed E-state index contributed by atoms with van der Waals surface area (Å²) in [7, 11) is 2.80. The fraction of sp³-hybridized carbons (Fsp3) is 0.611. The quantitative estimate of drug-likeness (QED) is 0.163. The lowest BCUT2D eigenvalue weighted by molar-refractivity contribution is -0.144. The fourth-order valence-corrected chi connectivity index (χ4v) is 6.83. The molecular formula is C36H50F3N5O5S. The van der Waals surface area contributed by atoms with Crippen molar-refractivity contribution >= 4 is 29.1 Å². The molecule has 3 amide bonds. The van der Waals surface area contributed by atoms with E-state index in [-0.39, 0.29) is 44.7 Å². The van der Waals surface area contributed by atoms with Crippen molar-refractivity contribution in [2.75, 3.05) is 33.7 Å². The van der Waals surface area contributed by atoms with Crippen molar-refractivity contribution in [3.05, 3.63) is 52.5 Å². The Morgan fingerprint density at radius 2 is 1.74 bits per heavy atom. The minimum atomic E-state index is -4.37. The van der Waals surface area contributed by atoms with E-state index in [1.54, 1.807) is 23.0 Å². The van der Waals surface area contributed by atoms with Crippen LogP contribution in [0.3, 0.4) is 0 Å². The second-order valence-electron chi connectivity index (χ2n) is 13.3. The summed E-state index contributed by atoms with van der Waals surface area (Å²) in [5, 5.41) is 29.1. The molecule has 10 nitrogen and oxygen atoms in total. The molecule has 3 rings (SSSR count). The SMILES string of the molecule is C#CCC(O)[C@H](O)[C@H](CC1CCCCC1)NC(=O)[C@H](Cc1cscn1)NC(=O)C(CC(=O)N(C)CCN(C)CC(F)(F)F)Cc1ccccc1. The topological polar surface area (TPSA) is 135 Å². The van der Waals surface area contributed by atoms with E-state index in [4.69, 9.17) is 6.42 Å². The molecule has 50 heavy (non-hydrogen) atoms. The number of nitrogens with zero attached hydrogens (tertiary/aromatic N) is 3. The number of alkyl halides is 3. The maximum absolute atomic E-state index is 14.0. The van der Waals surface area contributed by atoms with Crippen molar-refractivity contribution in [1.29, 1.82) is 0 Å². The molecule has 0 radical (unpaired) electrons. The molecule has 1 saturated carbocycles. The van der Waals surface area contributed by atoms with Crippen molar-refractivity contribution < 1.29 is 37.8 Å². The summed E-state index contributed by atoms with van der Waals surface area (Å²) in [6, 6.07) is 7.12. The van der Waals surface area contributed by atoms with Gasteiger partial charge in [-0.1, -0.05) is 62.4 Å². The standard InChI is InChI=1S/C36H50F3N5O5S/c1-4-11-31(45)33(47)29(19-26-14-9-6-10-15-26)41-35(49)30(21-28-22-50-24-40-28)42-34(48)27(18-25-12-7-5-8-13-25)20-32(46)44(3)17-16-43(2)23-36(37,38)39/h1,5,7-8,12-13,22,24,26-27,29-31,33,45,47H,6,9-11,14-21,23H2,2-3H3,(H,41,49)(H,42,48)/t27?,29-,30-,31?,33+/m0/s1. The number of nitrogens with one attached hydrogen (secondary N) is 2. The summed E-state index contributed by atoms with van der Waals surface area (Å²) in [6.07, 6.45) is 3.81. The van der Waals surface area contributed by atoms with Gasteiger partial charge < -0.3 is 25.7 Å². The van der Waals surface area contributed by atoms with E-state index in [9.17, 15) is 37.8 Å². The van der Waals surface area contributed by atoms with Gasteiger partial charge in [-0.15, -0.1) is 23.7 Å². The minimum Gasteiger partial charge on any atom is -0.389 e. The van der Waals surface area contributed by atoms with Crippen molar-refractivity contribution in [2.24, 2.45) is 11.8 Å². The summed E-state index contributed by atoms with van der Waals surface area (Å²) in [5.41, 5.74) is 2.95. The predicted molar refractivity (Wildman–Crippen MR) is 186 cm³/mol. The van der Waals surface area contributed by atoms with Gasteiger partial charge in [0.15, 0.2) is 0 Å². The zero-order valence-corrected chi connectivity index (χ0v) is 29.6. The molecule has 2 unspecified atom stereocenters. The number of halogens is 3. The molecule has 1 aromatic heterocycles. The molecular weight excluding hydrogens is 671 g/mol. The molecule has 0 aliphatic heterocycles. The third-order valence-corrected chi connectivity index (χ3v) is 9.75. The second-order valence-corrected chi connectivity index (χ2v) is 14.0. The second kappa shape index (κ2) is 20.4. The largest absolute Gasteiger partial charge is 0.401 e. The molecule has 0 bridgehead atoms. The van der Waals surface area contributed by atoms with Gasteiger partial charge in [-0.3, -0.25) is 19.3 Å². The summed E-state index contributed by atoms with van der Waals surface area (Å²) in [4.78, 5) is 47.9. The Morgan fingerprint density at radius 3 is 2.36 bits per heavy atom. The summed E-state index contributed by atoms with van der Waals surface area (Å²) >= 11 is 1.33. The molecule has 0 spiro atoms. The molecule has 1 fully saturated rings. The Balaban J connectivity index is 1.80. The van der Waals surface area contributed by atoms with Crippen molar-refractivity contribution in [3.63, 3.8) is 0 Å². The Labute approximate surface area is 296 Å². The van der Waals surface area contributed by atoms with Crippen LogP contribution in [0.25, 0.3) is 0 Å². The zero-order valence-electron chi connectivity index (χ0n) is 28.8. The van der Waals surface area contributed by atoms with Crippen molar-refractivity contribution in [1.82, 2.24) is 25.4 Å². The number of aliphatic hydroxyl groups excluding tert-OH is 2. The smallest absolute Gasteiger partial charge is 0.389 e. The highest BCUT2D eigenvalue weighted by molar-refractivity contribution is 7.07. The first-order chi connectivity index (χ1) is 23.8. The van der Waals surface area contributed by atoms with Crippen LogP contribution < -0.4 is 10.6 Å². The van der Waals surface area contributed by atoms with E-state index in [1.165, 1.54) is 30.3 Å². The number of benzene rings is 1. The van der Waals surface area contributed by atoms with Crippen molar-refractivity contribution in [3.8, 4) is 12.3 Å². The summed E-state index contributed by atoms with van der Waals surface area (Å²) < 4.78 is 38.4. The molecule has 1 aromatic carbocycles. The number of hydrogen-bond donors (Lipinski definition) is 4. The molecule has 5 atom stereocenters. The predicted octanol–water partition coefficient (Wildman–Crippen LogP) is 3.57. The number of carbonyl (C=O) groups is 3. The van der Waals surface area contributed by atoms with Gasteiger partial charge in [0.05, 0.1) is 35.8 Å². The average molecular weight is 722 g/mol. The van der Waals surface area contributed by atoms with Crippen LogP contribution in [-0.2, 0) is 27.2 Å². The van der Waals surface area contributed by atoms with Crippen LogP contribution in [0.5, 0.6) is 0 Å². The van der Waals surface area contributed by atoms with Crippen LogP contribution >= 0.6 is 11.3 Å². The van der Waals surface area contributed by atoms with Crippen LogP contribution in [-0.4, -0.2) is 107 Å². The number of aromatic nitrogens is 1. The van der Waals surface area contributed by atoms with E-state index >= 15 is 0 Å². The lowest BCUT2D eigenvalue weighted by Crippen LogP contribution is -2.56. The Bertz CT molecular complexity index is 1370. The number of terminal acetylenes is 1. The summed E-state index contributed by atoms with van der Waals surface area (Å²) in [6.45, 7) is -1.11. The van der Waals surface area contributed by atoms with Gasteiger partial charge >= 0.3 is 6.18 Å². The van der Waals surface area contributed by atoms with E-state index in [0.29, 0.717) is 12.1 Å². The summed E-state index contributed by atoms with van der Waals surface area (Å²) in [5.74, 6) is 0.113. The molecule has 0 saturated heterocycles. The highest BCUT2D eigenvalue weighted by Crippen LogP contribution is 2.29. The lowest BCUT2D eigenvalue weighted by Gasteiger charge is -2.33. The molecule has 1 aliphatic rings. The number of hydrogen-bond acceptors (Lipinski definition) is 8. The van der Waals surface area contributed by atoms with Gasteiger partial charge in [-0.2, -0.15) is 13.2 Å². The minimum absolute atomic E-state index is 0.0168. The molecule has 1 heterocycles. The number of thiazole rings is 1. The van der Waals surface area contributed by atoms with Crippen LogP contribution in [0, 0.1) is 24.2 Å². The molecule has 4 N–H and O–H groups in total. The molecule has 276 valence electrons.